The molecule has 0 fully saturated rings. The summed E-state index contributed by atoms with van der Waals surface area (Å²) in [4.78, 5) is 0. The van der Waals surface area contributed by atoms with Crippen molar-refractivity contribution in [3.05, 3.63) is 24.0 Å². The van der Waals surface area contributed by atoms with Gasteiger partial charge in [0.2, 0.25) is 0 Å². The summed E-state index contributed by atoms with van der Waals surface area (Å²) in [5.41, 5.74) is 5.85. The minimum Gasteiger partial charge on any atom is -0.399 e. The zero-order valence-electron chi connectivity index (χ0n) is 4.76. The van der Waals surface area contributed by atoms with Gasteiger partial charge in [-0.1, -0.05) is 5.46 Å². The summed E-state index contributed by atoms with van der Waals surface area (Å²) < 4.78 is 12.3. The van der Waals surface area contributed by atoms with Crippen LogP contribution in [0.25, 0.3) is 0 Å². The number of benzene rings is 1. The van der Waals surface area contributed by atoms with E-state index < -0.39 is 5.82 Å². The molecule has 3 heteroatoms. The number of anilines is 1. The van der Waals surface area contributed by atoms with Gasteiger partial charge in [0.05, 0.1) is 0 Å². The van der Waals surface area contributed by atoms with Gasteiger partial charge in [0.25, 0.3) is 0 Å². The molecule has 0 heterocycles. The summed E-state index contributed by atoms with van der Waals surface area (Å²) in [5.74, 6) is -0.427. The lowest BCUT2D eigenvalue weighted by Gasteiger charge is -1.95. The molecule has 0 amide bonds. The zero-order chi connectivity index (χ0) is 6.85. The topological polar surface area (TPSA) is 26.0 Å². The minimum absolute atomic E-state index is 0.0926. The number of nitrogens with two attached hydrogens (primary N) is 1. The molecule has 0 aliphatic carbocycles. The number of nitrogen functional groups attached to an aromatic ring is 1. The highest BCUT2D eigenvalue weighted by Crippen LogP contribution is 1.99. The van der Waals surface area contributed by atoms with Gasteiger partial charge in [0, 0.05) is 5.69 Å². The van der Waals surface area contributed by atoms with Gasteiger partial charge in [0.1, 0.15) is 13.7 Å². The summed E-state index contributed by atoms with van der Waals surface area (Å²) in [6.45, 7) is 0. The molecule has 0 saturated heterocycles. The summed E-state index contributed by atoms with van der Waals surface area (Å²) in [7, 11) is 5.17. The molecule has 1 aromatic rings. The third-order valence-corrected chi connectivity index (χ3v) is 1.02. The van der Waals surface area contributed by atoms with Crippen LogP contribution >= 0.6 is 0 Å². The van der Waals surface area contributed by atoms with E-state index in [0.29, 0.717) is 5.69 Å². The number of hydrogen-bond acceptors (Lipinski definition) is 1. The van der Waals surface area contributed by atoms with E-state index in [4.69, 9.17) is 13.6 Å². The smallest absolute Gasteiger partial charge is 0.118 e. The van der Waals surface area contributed by atoms with Crippen molar-refractivity contribution in [3.8, 4) is 0 Å². The van der Waals surface area contributed by atoms with E-state index >= 15 is 0 Å². The van der Waals surface area contributed by atoms with Gasteiger partial charge in [-0.05, 0) is 18.2 Å². The second-order valence-corrected chi connectivity index (χ2v) is 1.78. The monoisotopic (exact) mass is 121 g/mol. The molecular weight excluding hydrogens is 116 g/mol. The van der Waals surface area contributed by atoms with Crippen molar-refractivity contribution < 1.29 is 4.39 Å². The van der Waals surface area contributed by atoms with Crippen LogP contribution in [0.5, 0.6) is 0 Å². The molecule has 9 heavy (non-hydrogen) atoms. The van der Waals surface area contributed by atoms with Crippen LogP contribution in [0.4, 0.5) is 10.1 Å². The van der Waals surface area contributed by atoms with Gasteiger partial charge in [-0.25, -0.2) is 4.39 Å². The molecule has 0 aliphatic rings. The van der Waals surface area contributed by atoms with Crippen LogP contribution in [0.1, 0.15) is 0 Å². The average molecular weight is 121 g/mol. The van der Waals surface area contributed by atoms with Gasteiger partial charge in [-0.2, -0.15) is 0 Å². The van der Waals surface area contributed by atoms with E-state index in [-0.39, 0.29) is 5.46 Å². The predicted molar refractivity (Wildman–Crippen MR) is 36.2 cm³/mol. The highest BCUT2D eigenvalue weighted by atomic mass is 19.1. The molecule has 0 bridgehead atoms. The second-order valence-electron chi connectivity index (χ2n) is 1.78. The molecule has 1 aromatic carbocycles. The van der Waals surface area contributed by atoms with E-state index in [2.05, 4.69) is 0 Å². The molecule has 2 N–H and O–H groups in total. The van der Waals surface area contributed by atoms with Crippen molar-refractivity contribution in [2.45, 2.75) is 0 Å². The Morgan fingerprint density at radius 1 is 1.44 bits per heavy atom. The van der Waals surface area contributed by atoms with Gasteiger partial charge >= 0.3 is 0 Å². The van der Waals surface area contributed by atoms with Crippen LogP contribution in [0.15, 0.2) is 18.2 Å². The number of hydrogen-bond donors (Lipinski definition) is 1. The Balaban J connectivity index is 3.17. The molecule has 2 radical (unpaired) electrons. The fourth-order valence-corrected chi connectivity index (χ4v) is 0.562. The lowest BCUT2D eigenvalue weighted by molar-refractivity contribution is 0.636. The standard InChI is InChI=1S/C6H5BFN/c7-5-3-4(9)1-2-6(5)8/h1-3H,9H2. The first-order chi connectivity index (χ1) is 4.20. The second kappa shape index (κ2) is 2.09. The maximum Gasteiger partial charge on any atom is 0.118 e. The Morgan fingerprint density at radius 2 is 2.11 bits per heavy atom. The van der Waals surface area contributed by atoms with Gasteiger partial charge in [-0.3, -0.25) is 0 Å². The average Bonchev–Trinajstić information content (AvgIpc) is 1.80. The van der Waals surface area contributed by atoms with Crippen molar-refractivity contribution in [1.29, 1.82) is 0 Å². The van der Waals surface area contributed by atoms with Crippen LogP contribution in [0.3, 0.4) is 0 Å². The summed E-state index contributed by atoms with van der Waals surface area (Å²) >= 11 is 0. The Kier molecular flexibility index (Phi) is 1.43. The Bertz CT molecular complexity index is 224. The molecule has 1 nitrogen and oxygen atoms in total. The molecule has 0 aromatic heterocycles. The van der Waals surface area contributed by atoms with Crippen molar-refractivity contribution in [3.63, 3.8) is 0 Å². The van der Waals surface area contributed by atoms with Crippen LogP contribution in [-0.2, 0) is 0 Å². The van der Waals surface area contributed by atoms with E-state index in [1.165, 1.54) is 18.2 Å². The largest absolute Gasteiger partial charge is 0.399 e. The van der Waals surface area contributed by atoms with Gasteiger partial charge in [-0.15, -0.1) is 0 Å². The van der Waals surface area contributed by atoms with E-state index in [1.807, 2.05) is 0 Å². The number of halogens is 1. The maximum atomic E-state index is 12.3. The van der Waals surface area contributed by atoms with Gasteiger partial charge < -0.3 is 5.73 Å². The normalized spacial score (nSPS) is 9.44. The van der Waals surface area contributed by atoms with Crippen molar-refractivity contribution >= 4 is 19.0 Å². The van der Waals surface area contributed by atoms with Crippen LogP contribution in [0.2, 0.25) is 0 Å². The molecule has 0 aliphatic heterocycles. The summed E-state index contributed by atoms with van der Waals surface area (Å²) in [5, 5.41) is 0. The minimum atomic E-state index is -0.427. The highest BCUT2D eigenvalue weighted by Gasteiger charge is 1.93. The van der Waals surface area contributed by atoms with E-state index in [1.54, 1.807) is 0 Å². The van der Waals surface area contributed by atoms with E-state index in [0.717, 1.165) is 0 Å². The molecule has 0 saturated carbocycles. The van der Waals surface area contributed by atoms with Gasteiger partial charge in [0.15, 0.2) is 0 Å². The predicted octanol–water partition coefficient (Wildman–Crippen LogP) is 0.202. The molecule has 44 valence electrons. The Morgan fingerprint density at radius 3 is 2.56 bits per heavy atom. The van der Waals surface area contributed by atoms with Crippen molar-refractivity contribution in [2.24, 2.45) is 0 Å². The maximum absolute atomic E-state index is 12.3. The molecule has 0 unspecified atom stereocenters. The lowest BCUT2D eigenvalue weighted by Crippen LogP contribution is -2.08. The summed E-state index contributed by atoms with van der Waals surface area (Å²) in [6.07, 6.45) is 0. The molecule has 0 atom stereocenters. The zero-order valence-corrected chi connectivity index (χ0v) is 4.76. The van der Waals surface area contributed by atoms with Crippen LogP contribution in [0, 0.1) is 5.82 Å². The summed E-state index contributed by atoms with van der Waals surface area (Å²) in [6, 6.07) is 4.09. The van der Waals surface area contributed by atoms with Crippen molar-refractivity contribution in [1.82, 2.24) is 0 Å². The fraction of sp³-hybridized carbons (Fsp3) is 0. The lowest BCUT2D eigenvalue weighted by atomic mass is 9.95. The Hall–Kier alpha value is -0.985. The van der Waals surface area contributed by atoms with Crippen molar-refractivity contribution in [2.75, 3.05) is 5.73 Å². The molecule has 0 spiro atoms. The first kappa shape index (κ1) is 6.14. The first-order valence-corrected chi connectivity index (χ1v) is 2.50. The third kappa shape index (κ3) is 1.22. The molecule has 1 rings (SSSR count). The quantitative estimate of drug-likeness (QED) is 0.385. The number of rotatable bonds is 0. The van der Waals surface area contributed by atoms with E-state index in [9.17, 15) is 4.39 Å². The van der Waals surface area contributed by atoms with Crippen LogP contribution < -0.4 is 11.2 Å². The fourth-order valence-electron chi connectivity index (χ4n) is 0.562. The van der Waals surface area contributed by atoms with Crippen LogP contribution in [-0.4, -0.2) is 7.85 Å². The molecular formula is C6H5BFN. The SMILES string of the molecule is [B]c1cc(N)ccc1F. The highest BCUT2D eigenvalue weighted by molar-refractivity contribution is 6.32. The Labute approximate surface area is 54.1 Å². The first-order valence-electron chi connectivity index (χ1n) is 2.50. The third-order valence-electron chi connectivity index (χ3n) is 1.02.